The average Bonchev–Trinajstić information content (AvgIpc) is 3.27. The van der Waals surface area contributed by atoms with Crippen molar-refractivity contribution in [3.05, 3.63) is 24.2 Å². The predicted octanol–water partition coefficient (Wildman–Crippen LogP) is 3.05. The maximum absolute atomic E-state index is 5.67. The molecule has 0 aromatic carbocycles. The minimum Gasteiger partial charge on any atom is -0.469 e. The highest BCUT2D eigenvalue weighted by atomic mass is 127. The Morgan fingerprint density at radius 1 is 1.33 bits per heavy atom. The lowest BCUT2D eigenvalue weighted by Gasteiger charge is -2.25. The predicted molar refractivity (Wildman–Crippen MR) is 111 cm³/mol. The van der Waals surface area contributed by atoms with E-state index in [1.807, 2.05) is 23.9 Å². The summed E-state index contributed by atoms with van der Waals surface area (Å²) >= 11 is 2.03. The molecular formula is C17H28IN3O2S. The van der Waals surface area contributed by atoms with Crippen LogP contribution in [-0.4, -0.2) is 49.3 Å². The van der Waals surface area contributed by atoms with Gasteiger partial charge >= 0.3 is 0 Å². The maximum Gasteiger partial charge on any atom is 0.191 e. The van der Waals surface area contributed by atoms with Crippen LogP contribution in [0.1, 0.15) is 31.4 Å². The number of hydrogen-bond donors (Lipinski definition) is 2. The summed E-state index contributed by atoms with van der Waals surface area (Å²) in [5, 5.41) is 7.04. The molecule has 2 fully saturated rings. The summed E-state index contributed by atoms with van der Waals surface area (Å²) in [4.78, 5) is 4.75. The molecule has 5 nitrogen and oxygen atoms in total. The summed E-state index contributed by atoms with van der Waals surface area (Å²) in [6.45, 7) is 2.45. The van der Waals surface area contributed by atoms with Gasteiger partial charge in [-0.2, -0.15) is 11.8 Å². The van der Waals surface area contributed by atoms with Crippen molar-refractivity contribution in [2.24, 2.45) is 4.99 Å². The number of furan rings is 1. The van der Waals surface area contributed by atoms with Crippen LogP contribution >= 0.6 is 35.7 Å². The van der Waals surface area contributed by atoms with Gasteiger partial charge < -0.3 is 19.8 Å². The lowest BCUT2D eigenvalue weighted by molar-refractivity contribution is 0.117. The summed E-state index contributed by atoms with van der Waals surface area (Å²) in [5.41, 5.74) is 0. The van der Waals surface area contributed by atoms with Gasteiger partial charge in [0.25, 0.3) is 0 Å². The zero-order valence-electron chi connectivity index (χ0n) is 14.0. The smallest absolute Gasteiger partial charge is 0.191 e. The molecule has 0 spiro atoms. The Balaban J connectivity index is 0.00000208. The third kappa shape index (κ3) is 6.84. The monoisotopic (exact) mass is 465 g/mol. The first-order valence-electron chi connectivity index (χ1n) is 8.67. The molecule has 2 aliphatic rings. The molecule has 0 aliphatic carbocycles. The number of guanidine groups is 1. The van der Waals surface area contributed by atoms with Crippen LogP contribution in [0, 0.1) is 0 Å². The Labute approximate surface area is 165 Å². The number of halogens is 1. The first kappa shape index (κ1) is 19.9. The van der Waals surface area contributed by atoms with Crippen LogP contribution < -0.4 is 10.6 Å². The van der Waals surface area contributed by atoms with Crippen LogP contribution in [0.5, 0.6) is 0 Å². The molecule has 0 radical (unpaired) electrons. The molecule has 2 saturated heterocycles. The molecule has 24 heavy (non-hydrogen) atoms. The van der Waals surface area contributed by atoms with E-state index in [1.54, 1.807) is 6.26 Å². The zero-order chi connectivity index (χ0) is 15.7. The molecule has 1 aromatic rings. The van der Waals surface area contributed by atoms with Crippen molar-refractivity contribution in [2.75, 3.05) is 31.2 Å². The van der Waals surface area contributed by atoms with Crippen LogP contribution in [0.2, 0.25) is 0 Å². The lowest BCUT2D eigenvalue weighted by Crippen LogP contribution is -2.46. The number of ether oxygens (including phenoxy) is 1. The van der Waals surface area contributed by atoms with E-state index in [-0.39, 0.29) is 24.0 Å². The van der Waals surface area contributed by atoms with E-state index < -0.39 is 0 Å². The van der Waals surface area contributed by atoms with Gasteiger partial charge in [0, 0.05) is 31.4 Å². The van der Waals surface area contributed by atoms with Crippen molar-refractivity contribution in [3.8, 4) is 0 Å². The van der Waals surface area contributed by atoms with E-state index >= 15 is 0 Å². The normalized spacial score (nSPS) is 24.4. The van der Waals surface area contributed by atoms with Gasteiger partial charge in [0.1, 0.15) is 5.76 Å². The first-order valence-corrected chi connectivity index (χ1v) is 9.82. The Morgan fingerprint density at radius 2 is 2.29 bits per heavy atom. The van der Waals surface area contributed by atoms with E-state index in [0.29, 0.717) is 12.1 Å². The van der Waals surface area contributed by atoms with Gasteiger partial charge in [0.15, 0.2) is 5.96 Å². The summed E-state index contributed by atoms with van der Waals surface area (Å²) < 4.78 is 11.1. The van der Waals surface area contributed by atoms with Crippen LogP contribution in [0.3, 0.4) is 0 Å². The Morgan fingerprint density at radius 3 is 3.00 bits per heavy atom. The minimum absolute atomic E-state index is 0. The van der Waals surface area contributed by atoms with E-state index in [0.717, 1.165) is 50.7 Å². The highest BCUT2D eigenvalue weighted by molar-refractivity contribution is 14.0. The molecule has 0 bridgehead atoms. The highest BCUT2D eigenvalue weighted by Gasteiger charge is 2.17. The van der Waals surface area contributed by atoms with Gasteiger partial charge in [0.05, 0.1) is 18.9 Å². The van der Waals surface area contributed by atoms with E-state index in [4.69, 9.17) is 14.1 Å². The Bertz CT molecular complexity index is 472. The van der Waals surface area contributed by atoms with Crippen molar-refractivity contribution in [2.45, 2.75) is 44.2 Å². The molecule has 7 heteroatoms. The second kappa shape index (κ2) is 11.3. The second-order valence-corrected chi connectivity index (χ2v) is 7.29. The van der Waals surface area contributed by atoms with Crippen molar-refractivity contribution in [1.82, 2.24) is 10.6 Å². The molecule has 1 aromatic heterocycles. The molecule has 0 saturated carbocycles. The molecule has 2 N–H and O–H groups in total. The molecule has 0 amide bonds. The Hall–Kier alpha value is -0.410. The number of hydrogen-bond acceptors (Lipinski definition) is 4. The number of nitrogens with zero attached hydrogens (tertiary/aromatic N) is 1. The van der Waals surface area contributed by atoms with Crippen molar-refractivity contribution in [1.29, 1.82) is 0 Å². The summed E-state index contributed by atoms with van der Waals surface area (Å²) in [6.07, 6.45) is 7.68. The Kier molecular flexibility index (Phi) is 9.33. The van der Waals surface area contributed by atoms with Gasteiger partial charge in [0.2, 0.25) is 0 Å². The van der Waals surface area contributed by atoms with E-state index in [1.165, 1.54) is 24.3 Å². The topological polar surface area (TPSA) is 58.8 Å². The average molecular weight is 465 g/mol. The van der Waals surface area contributed by atoms with Gasteiger partial charge in [-0.25, -0.2) is 0 Å². The zero-order valence-corrected chi connectivity index (χ0v) is 17.2. The number of nitrogens with one attached hydrogen (secondary N) is 2. The SMILES string of the molecule is I.c1coc(CCNC(=NCC2CCCO2)NC2CCCSC2)c1. The summed E-state index contributed by atoms with van der Waals surface area (Å²) in [7, 11) is 0. The third-order valence-corrected chi connectivity index (χ3v) is 5.44. The largest absolute Gasteiger partial charge is 0.469 e. The van der Waals surface area contributed by atoms with Gasteiger partial charge in [-0.05, 0) is 43.6 Å². The third-order valence-electron chi connectivity index (χ3n) is 4.22. The van der Waals surface area contributed by atoms with E-state index in [2.05, 4.69) is 10.6 Å². The maximum atomic E-state index is 5.67. The van der Waals surface area contributed by atoms with Crippen LogP contribution in [-0.2, 0) is 11.2 Å². The van der Waals surface area contributed by atoms with Crippen LogP contribution in [0.15, 0.2) is 27.8 Å². The molecule has 2 atom stereocenters. The number of thioether (sulfide) groups is 1. The summed E-state index contributed by atoms with van der Waals surface area (Å²) in [5.74, 6) is 4.37. The van der Waals surface area contributed by atoms with Crippen molar-refractivity contribution >= 4 is 41.7 Å². The quantitative estimate of drug-likeness (QED) is 0.384. The lowest BCUT2D eigenvalue weighted by atomic mass is 10.2. The van der Waals surface area contributed by atoms with Crippen LogP contribution in [0.25, 0.3) is 0 Å². The van der Waals surface area contributed by atoms with Crippen molar-refractivity contribution in [3.63, 3.8) is 0 Å². The second-order valence-electron chi connectivity index (χ2n) is 6.14. The van der Waals surface area contributed by atoms with Gasteiger partial charge in [-0.15, -0.1) is 24.0 Å². The standard InChI is InChI=1S/C17H27N3O2S.HI/c1-5-15(21-9-1)7-8-18-17(19-12-16-6-2-10-22-16)20-14-4-3-11-23-13-14;/h1,5,9,14,16H,2-4,6-8,10-13H2,(H2,18,19,20);1H. The molecule has 3 heterocycles. The number of aliphatic imine (C=N–C) groups is 1. The summed E-state index contributed by atoms with van der Waals surface area (Å²) in [6, 6.07) is 4.46. The first-order chi connectivity index (χ1) is 11.4. The fraction of sp³-hybridized carbons (Fsp3) is 0.706. The highest BCUT2D eigenvalue weighted by Crippen LogP contribution is 2.17. The van der Waals surface area contributed by atoms with E-state index in [9.17, 15) is 0 Å². The van der Waals surface area contributed by atoms with Crippen LogP contribution in [0.4, 0.5) is 0 Å². The van der Waals surface area contributed by atoms with Gasteiger partial charge in [-0.1, -0.05) is 0 Å². The molecular weight excluding hydrogens is 437 g/mol. The molecule has 136 valence electrons. The molecule has 2 unspecified atom stereocenters. The fourth-order valence-corrected chi connectivity index (χ4v) is 4.01. The molecule has 3 rings (SSSR count). The van der Waals surface area contributed by atoms with Crippen molar-refractivity contribution < 1.29 is 9.15 Å². The van der Waals surface area contributed by atoms with Gasteiger partial charge in [-0.3, -0.25) is 4.99 Å². The number of rotatable bonds is 6. The molecule has 2 aliphatic heterocycles. The fourth-order valence-electron chi connectivity index (χ4n) is 2.94. The minimum atomic E-state index is 0.